The summed E-state index contributed by atoms with van der Waals surface area (Å²) in [6.07, 6.45) is 8.85. The standard InChI is InChI=1S/C29H26N4/c1-4-10-27-22(5-2)23-17-20(3)13-14-28(23)33(27)29-19-21(24-11-6-8-15-30-24)18-26(32-29)25-12-7-9-16-31-25/h4,6-19H,5H2,1-3H3/b10-4-. The summed E-state index contributed by atoms with van der Waals surface area (Å²) >= 11 is 0. The number of aromatic nitrogens is 4. The predicted octanol–water partition coefficient (Wildman–Crippen LogP) is 7.05. The number of allylic oxidation sites excluding steroid dienone is 1. The molecule has 162 valence electrons. The minimum atomic E-state index is 0.826. The van der Waals surface area contributed by atoms with E-state index >= 15 is 0 Å². The molecule has 33 heavy (non-hydrogen) atoms. The Morgan fingerprint density at radius 3 is 2.27 bits per heavy atom. The first-order valence-electron chi connectivity index (χ1n) is 11.3. The van der Waals surface area contributed by atoms with Gasteiger partial charge >= 0.3 is 0 Å². The first-order chi connectivity index (χ1) is 16.2. The number of hydrogen-bond acceptors (Lipinski definition) is 3. The molecule has 0 aliphatic heterocycles. The van der Waals surface area contributed by atoms with Crippen LogP contribution in [0.1, 0.15) is 30.7 Å². The van der Waals surface area contributed by atoms with Crippen molar-refractivity contribution in [2.45, 2.75) is 27.2 Å². The van der Waals surface area contributed by atoms with Crippen LogP contribution < -0.4 is 0 Å². The molecule has 4 nitrogen and oxygen atoms in total. The van der Waals surface area contributed by atoms with Crippen LogP contribution in [0.4, 0.5) is 0 Å². The smallest absolute Gasteiger partial charge is 0.139 e. The maximum absolute atomic E-state index is 5.10. The van der Waals surface area contributed by atoms with Gasteiger partial charge in [0.25, 0.3) is 0 Å². The van der Waals surface area contributed by atoms with E-state index in [0.29, 0.717) is 0 Å². The van der Waals surface area contributed by atoms with Gasteiger partial charge in [-0.1, -0.05) is 36.8 Å². The minimum Gasteiger partial charge on any atom is -0.294 e. The van der Waals surface area contributed by atoms with Crippen LogP contribution in [0.2, 0.25) is 0 Å². The molecular weight excluding hydrogens is 404 g/mol. The molecule has 4 aromatic heterocycles. The van der Waals surface area contributed by atoms with Crippen LogP contribution in [-0.2, 0) is 6.42 Å². The van der Waals surface area contributed by atoms with Gasteiger partial charge in [0.15, 0.2) is 0 Å². The van der Waals surface area contributed by atoms with E-state index in [4.69, 9.17) is 4.98 Å². The van der Waals surface area contributed by atoms with Crippen molar-refractivity contribution in [2.24, 2.45) is 0 Å². The Bertz CT molecular complexity index is 1390. The summed E-state index contributed by atoms with van der Waals surface area (Å²) < 4.78 is 2.27. The molecule has 0 unspecified atom stereocenters. The maximum atomic E-state index is 5.10. The highest BCUT2D eigenvalue weighted by Gasteiger charge is 2.18. The van der Waals surface area contributed by atoms with Crippen LogP contribution in [0.15, 0.2) is 85.2 Å². The first kappa shape index (κ1) is 20.8. The second-order valence-corrected chi connectivity index (χ2v) is 8.10. The average molecular weight is 431 g/mol. The molecule has 0 aliphatic rings. The van der Waals surface area contributed by atoms with Crippen LogP contribution in [0, 0.1) is 6.92 Å². The van der Waals surface area contributed by atoms with Crippen molar-refractivity contribution in [1.29, 1.82) is 0 Å². The molecule has 4 heterocycles. The molecule has 0 bridgehead atoms. The second-order valence-electron chi connectivity index (χ2n) is 8.10. The second kappa shape index (κ2) is 8.83. The number of aryl methyl sites for hydroxylation is 2. The molecular formula is C29H26N4. The molecule has 5 rings (SSSR count). The lowest BCUT2D eigenvalue weighted by Crippen LogP contribution is -2.03. The third-order valence-electron chi connectivity index (χ3n) is 5.88. The summed E-state index contributed by atoms with van der Waals surface area (Å²) in [6.45, 7) is 6.42. The summed E-state index contributed by atoms with van der Waals surface area (Å²) in [5, 5.41) is 1.27. The zero-order chi connectivity index (χ0) is 22.8. The van der Waals surface area contributed by atoms with Crippen molar-refractivity contribution in [1.82, 2.24) is 19.5 Å². The Labute approximate surface area is 194 Å². The van der Waals surface area contributed by atoms with Gasteiger partial charge in [-0.2, -0.15) is 0 Å². The van der Waals surface area contributed by atoms with Crippen LogP contribution in [-0.4, -0.2) is 19.5 Å². The molecule has 0 fully saturated rings. The topological polar surface area (TPSA) is 43.6 Å². The highest BCUT2D eigenvalue weighted by molar-refractivity contribution is 5.90. The van der Waals surface area contributed by atoms with E-state index < -0.39 is 0 Å². The predicted molar refractivity (Wildman–Crippen MR) is 136 cm³/mol. The minimum absolute atomic E-state index is 0.826. The monoisotopic (exact) mass is 430 g/mol. The van der Waals surface area contributed by atoms with Crippen LogP contribution in [0.3, 0.4) is 0 Å². The lowest BCUT2D eigenvalue weighted by Gasteiger charge is -2.13. The summed E-state index contributed by atoms with van der Waals surface area (Å²) in [7, 11) is 0. The third-order valence-corrected chi connectivity index (χ3v) is 5.88. The lowest BCUT2D eigenvalue weighted by molar-refractivity contribution is 1.01. The van der Waals surface area contributed by atoms with E-state index in [1.165, 1.54) is 22.2 Å². The van der Waals surface area contributed by atoms with Gasteiger partial charge in [-0.05, 0) is 80.4 Å². The van der Waals surface area contributed by atoms with E-state index in [-0.39, 0.29) is 0 Å². The number of fused-ring (bicyclic) bond motifs is 1. The number of hydrogen-bond donors (Lipinski definition) is 0. The first-order valence-corrected chi connectivity index (χ1v) is 11.3. The summed E-state index contributed by atoms with van der Waals surface area (Å²) in [5.41, 5.74) is 8.50. The van der Waals surface area contributed by atoms with Crippen molar-refractivity contribution >= 4 is 17.0 Å². The van der Waals surface area contributed by atoms with Crippen molar-refractivity contribution < 1.29 is 0 Å². The highest BCUT2D eigenvalue weighted by Crippen LogP contribution is 2.33. The normalized spacial score (nSPS) is 11.5. The molecule has 0 N–H and O–H groups in total. The summed E-state index contributed by atoms with van der Waals surface area (Å²) in [6, 6.07) is 22.7. The maximum Gasteiger partial charge on any atom is 0.139 e. The fraction of sp³-hybridized carbons (Fsp3) is 0.138. The number of rotatable bonds is 5. The summed E-state index contributed by atoms with van der Waals surface area (Å²) in [5.74, 6) is 0.862. The molecule has 1 aromatic carbocycles. The fourth-order valence-corrected chi connectivity index (χ4v) is 4.40. The van der Waals surface area contributed by atoms with Gasteiger partial charge in [-0.15, -0.1) is 0 Å². The van der Waals surface area contributed by atoms with Gasteiger partial charge in [-0.25, -0.2) is 4.98 Å². The number of benzene rings is 1. The molecule has 0 atom stereocenters. The third kappa shape index (κ3) is 3.85. The molecule has 0 aliphatic carbocycles. The van der Waals surface area contributed by atoms with Crippen molar-refractivity contribution in [3.63, 3.8) is 0 Å². The lowest BCUT2D eigenvalue weighted by atomic mass is 10.1. The molecule has 0 radical (unpaired) electrons. The zero-order valence-corrected chi connectivity index (χ0v) is 19.2. The number of nitrogens with zero attached hydrogens (tertiary/aromatic N) is 4. The van der Waals surface area contributed by atoms with E-state index in [9.17, 15) is 0 Å². The molecule has 0 spiro atoms. The van der Waals surface area contributed by atoms with E-state index in [0.717, 1.165) is 40.4 Å². The molecule has 0 amide bonds. The van der Waals surface area contributed by atoms with Crippen molar-refractivity contribution in [3.05, 3.63) is 102 Å². The largest absolute Gasteiger partial charge is 0.294 e. The van der Waals surface area contributed by atoms with Crippen LogP contribution >= 0.6 is 0 Å². The average Bonchev–Trinajstić information content (AvgIpc) is 3.17. The van der Waals surface area contributed by atoms with Crippen LogP contribution in [0.5, 0.6) is 0 Å². The summed E-state index contributed by atoms with van der Waals surface area (Å²) in [4.78, 5) is 14.3. The van der Waals surface area contributed by atoms with Crippen molar-refractivity contribution in [3.8, 4) is 28.5 Å². The van der Waals surface area contributed by atoms with Gasteiger partial charge in [-0.3, -0.25) is 14.5 Å². The Balaban J connectivity index is 1.85. The molecule has 0 saturated heterocycles. The highest BCUT2D eigenvalue weighted by atomic mass is 15.1. The van der Waals surface area contributed by atoms with E-state index in [1.54, 1.807) is 6.20 Å². The quantitative estimate of drug-likeness (QED) is 0.300. The zero-order valence-electron chi connectivity index (χ0n) is 19.2. The molecule has 0 saturated carbocycles. The number of pyridine rings is 3. The molecule has 4 heteroatoms. The molecule has 5 aromatic rings. The van der Waals surface area contributed by atoms with Gasteiger partial charge < -0.3 is 0 Å². The van der Waals surface area contributed by atoms with Crippen LogP contribution in [0.25, 0.3) is 45.4 Å². The Morgan fingerprint density at radius 2 is 1.61 bits per heavy atom. The fourth-order valence-electron chi connectivity index (χ4n) is 4.40. The Kier molecular flexibility index (Phi) is 5.57. The van der Waals surface area contributed by atoms with Crippen molar-refractivity contribution in [2.75, 3.05) is 0 Å². The Morgan fingerprint density at radius 1 is 0.848 bits per heavy atom. The van der Waals surface area contributed by atoms with Gasteiger partial charge in [0, 0.05) is 23.3 Å². The van der Waals surface area contributed by atoms with Gasteiger partial charge in [0.2, 0.25) is 0 Å². The van der Waals surface area contributed by atoms with E-state index in [1.807, 2.05) is 42.6 Å². The van der Waals surface area contributed by atoms with Gasteiger partial charge in [0.05, 0.1) is 28.3 Å². The Hall–Kier alpha value is -4.05. The van der Waals surface area contributed by atoms with Gasteiger partial charge in [0.1, 0.15) is 5.82 Å². The van der Waals surface area contributed by atoms with E-state index in [2.05, 4.69) is 77.8 Å². The SMILES string of the molecule is C/C=C\c1c(CC)c2cc(C)ccc2n1-c1cc(-c2ccccn2)cc(-c2ccccn2)n1.